The van der Waals surface area contributed by atoms with Gasteiger partial charge in [0.1, 0.15) is 0 Å². The van der Waals surface area contributed by atoms with Crippen LogP contribution in [0.15, 0.2) is 0 Å². The lowest BCUT2D eigenvalue weighted by Crippen LogP contribution is -2.39. The van der Waals surface area contributed by atoms with Crippen LogP contribution in [0.2, 0.25) is 0 Å². The Hall–Kier alpha value is -0.0400. The van der Waals surface area contributed by atoms with Crippen molar-refractivity contribution >= 4 is 0 Å². The van der Waals surface area contributed by atoms with E-state index >= 15 is 0 Å². The van der Waals surface area contributed by atoms with Gasteiger partial charge in [-0.15, -0.1) is 0 Å². The Labute approximate surface area is 95.2 Å². The van der Waals surface area contributed by atoms with Crippen molar-refractivity contribution in [2.45, 2.75) is 76.7 Å². The quantitative estimate of drug-likeness (QED) is 0.631. The molecule has 0 aromatic heterocycles. The van der Waals surface area contributed by atoms with E-state index in [4.69, 9.17) is 0 Å². The molecule has 0 bridgehead atoms. The van der Waals surface area contributed by atoms with Crippen molar-refractivity contribution in [3.63, 3.8) is 0 Å². The first-order valence-corrected chi connectivity index (χ1v) is 7.21. The monoisotopic (exact) mass is 209 g/mol. The Kier molecular flexibility index (Phi) is 4.98. The van der Waals surface area contributed by atoms with Gasteiger partial charge >= 0.3 is 0 Å². The molecule has 0 spiro atoms. The van der Waals surface area contributed by atoms with Crippen LogP contribution in [0.5, 0.6) is 0 Å². The van der Waals surface area contributed by atoms with Crippen molar-refractivity contribution in [1.29, 1.82) is 0 Å². The van der Waals surface area contributed by atoms with Crippen LogP contribution in [-0.4, -0.2) is 24.0 Å². The molecule has 0 N–H and O–H groups in total. The summed E-state index contributed by atoms with van der Waals surface area (Å²) in [6, 6.07) is 0.948. The third-order valence-corrected chi connectivity index (χ3v) is 4.23. The molecule has 2 fully saturated rings. The summed E-state index contributed by atoms with van der Waals surface area (Å²) < 4.78 is 0. The summed E-state index contributed by atoms with van der Waals surface area (Å²) in [6.07, 6.45) is 16.3. The predicted molar refractivity (Wildman–Crippen MR) is 66.1 cm³/mol. The molecule has 88 valence electrons. The summed E-state index contributed by atoms with van der Waals surface area (Å²) in [4.78, 5) is 2.80. The minimum atomic E-state index is 0.948. The van der Waals surface area contributed by atoms with E-state index in [9.17, 15) is 0 Å². The molecule has 1 heteroatoms. The van der Waals surface area contributed by atoms with E-state index in [-0.39, 0.29) is 0 Å². The molecule has 0 aromatic rings. The van der Waals surface area contributed by atoms with Gasteiger partial charge in [0.2, 0.25) is 0 Å². The van der Waals surface area contributed by atoms with Crippen LogP contribution in [0.3, 0.4) is 0 Å². The third kappa shape index (κ3) is 3.79. The van der Waals surface area contributed by atoms with Crippen LogP contribution in [0, 0.1) is 0 Å². The van der Waals surface area contributed by atoms with Crippen molar-refractivity contribution < 1.29 is 0 Å². The largest absolute Gasteiger partial charge is 0.300 e. The van der Waals surface area contributed by atoms with Gasteiger partial charge in [0.25, 0.3) is 0 Å². The van der Waals surface area contributed by atoms with Crippen LogP contribution in [0.4, 0.5) is 0 Å². The highest BCUT2D eigenvalue weighted by Gasteiger charge is 2.20. The Morgan fingerprint density at radius 3 is 1.60 bits per heavy atom. The summed E-state index contributed by atoms with van der Waals surface area (Å²) in [5.41, 5.74) is 0. The van der Waals surface area contributed by atoms with Gasteiger partial charge in [-0.2, -0.15) is 0 Å². The van der Waals surface area contributed by atoms with Crippen molar-refractivity contribution in [3.05, 3.63) is 0 Å². The Balaban J connectivity index is 1.80. The molecular formula is C14H27N. The van der Waals surface area contributed by atoms with E-state index in [2.05, 4.69) is 4.90 Å². The van der Waals surface area contributed by atoms with Crippen LogP contribution >= 0.6 is 0 Å². The zero-order chi connectivity index (χ0) is 10.3. The second-order valence-electron chi connectivity index (χ2n) is 5.45. The molecular weight excluding hydrogens is 182 g/mol. The van der Waals surface area contributed by atoms with E-state index in [1.807, 2.05) is 0 Å². The van der Waals surface area contributed by atoms with Gasteiger partial charge in [-0.05, 0) is 38.8 Å². The molecule has 0 aromatic carbocycles. The summed E-state index contributed by atoms with van der Waals surface area (Å²) >= 11 is 0. The molecule has 1 saturated heterocycles. The maximum absolute atomic E-state index is 2.80. The highest BCUT2D eigenvalue weighted by Crippen LogP contribution is 2.23. The van der Waals surface area contributed by atoms with Crippen molar-refractivity contribution in [2.24, 2.45) is 0 Å². The maximum Gasteiger partial charge on any atom is 0.00952 e. The summed E-state index contributed by atoms with van der Waals surface area (Å²) in [6.45, 7) is 2.79. The van der Waals surface area contributed by atoms with Crippen LogP contribution in [0.25, 0.3) is 0 Å². The Morgan fingerprint density at radius 1 is 0.533 bits per heavy atom. The zero-order valence-electron chi connectivity index (χ0n) is 10.2. The fourth-order valence-corrected chi connectivity index (χ4v) is 3.26. The van der Waals surface area contributed by atoms with Crippen molar-refractivity contribution in [2.75, 3.05) is 13.1 Å². The first-order chi connectivity index (χ1) is 7.47. The average Bonchev–Trinajstić information content (AvgIpc) is 2.43. The molecule has 2 aliphatic rings. The topological polar surface area (TPSA) is 3.24 Å². The van der Waals surface area contributed by atoms with E-state index in [0.29, 0.717) is 0 Å². The SMILES string of the molecule is C1CCCCC(N2CCCCC2)CCC1. The normalized spacial score (nSPS) is 28.0. The average molecular weight is 209 g/mol. The molecule has 0 radical (unpaired) electrons. The number of hydrogen-bond donors (Lipinski definition) is 0. The van der Waals surface area contributed by atoms with Crippen LogP contribution in [0.1, 0.15) is 70.6 Å². The highest BCUT2D eigenvalue weighted by atomic mass is 15.2. The summed E-state index contributed by atoms with van der Waals surface area (Å²) in [5.74, 6) is 0. The van der Waals surface area contributed by atoms with Crippen molar-refractivity contribution in [3.8, 4) is 0 Å². The maximum atomic E-state index is 2.80. The van der Waals surface area contributed by atoms with Crippen LogP contribution < -0.4 is 0 Å². The smallest absolute Gasteiger partial charge is 0.00952 e. The van der Waals surface area contributed by atoms with Gasteiger partial charge in [0.15, 0.2) is 0 Å². The van der Waals surface area contributed by atoms with Gasteiger partial charge in [-0.1, -0.05) is 44.9 Å². The minimum absolute atomic E-state index is 0.948. The third-order valence-electron chi connectivity index (χ3n) is 4.23. The number of rotatable bonds is 1. The van der Waals surface area contributed by atoms with E-state index in [1.54, 1.807) is 0 Å². The molecule has 1 heterocycles. The second-order valence-corrected chi connectivity index (χ2v) is 5.45. The number of likely N-dealkylation sites (tertiary alicyclic amines) is 1. The minimum Gasteiger partial charge on any atom is -0.300 e. The van der Waals surface area contributed by atoms with E-state index in [1.165, 1.54) is 83.7 Å². The summed E-state index contributed by atoms with van der Waals surface area (Å²) in [7, 11) is 0. The Morgan fingerprint density at radius 2 is 1.00 bits per heavy atom. The fraction of sp³-hybridized carbons (Fsp3) is 1.00. The number of piperidine rings is 1. The lowest BCUT2D eigenvalue weighted by atomic mass is 10.00. The summed E-state index contributed by atoms with van der Waals surface area (Å²) in [5, 5.41) is 0. The highest BCUT2D eigenvalue weighted by molar-refractivity contribution is 4.76. The number of nitrogens with zero attached hydrogens (tertiary/aromatic N) is 1. The molecule has 0 atom stereocenters. The van der Waals surface area contributed by atoms with Gasteiger partial charge < -0.3 is 4.90 Å². The molecule has 15 heavy (non-hydrogen) atoms. The van der Waals surface area contributed by atoms with Gasteiger partial charge in [-0.25, -0.2) is 0 Å². The van der Waals surface area contributed by atoms with Crippen molar-refractivity contribution in [1.82, 2.24) is 4.90 Å². The zero-order valence-corrected chi connectivity index (χ0v) is 10.2. The van der Waals surface area contributed by atoms with E-state index in [0.717, 1.165) is 6.04 Å². The molecule has 1 aliphatic carbocycles. The lowest BCUT2D eigenvalue weighted by molar-refractivity contribution is 0.144. The molecule has 0 amide bonds. The standard InChI is InChI=1S/C14H27N/c1-2-4-7-11-14(10-6-3-1)15-12-8-5-9-13-15/h14H,1-13H2. The molecule has 1 aliphatic heterocycles. The first-order valence-electron chi connectivity index (χ1n) is 7.21. The first kappa shape index (κ1) is 11.4. The molecule has 2 rings (SSSR count). The fourth-order valence-electron chi connectivity index (χ4n) is 3.26. The Bertz CT molecular complexity index is 151. The molecule has 0 unspecified atom stereocenters. The predicted octanol–water partition coefficient (Wildman–Crippen LogP) is 3.98. The van der Waals surface area contributed by atoms with Gasteiger partial charge in [0.05, 0.1) is 0 Å². The van der Waals surface area contributed by atoms with Gasteiger partial charge in [-0.3, -0.25) is 0 Å². The number of hydrogen-bond acceptors (Lipinski definition) is 1. The second kappa shape index (κ2) is 6.52. The van der Waals surface area contributed by atoms with E-state index < -0.39 is 0 Å². The van der Waals surface area contributed by atoms with Gasteiger partial charge in [0, 0.05) is 6.04 Å². The molecule has 1 nitrogen and oxygen atoms in total. The molecule has 1 saturated carbocycles. The lowest BCUT2D eigenvalue weighted by Gasteiger charge is -2.34. The van der Waals surface area contributed by atoms with Crippen LogP contribution in [-0.2, 0) is 0 Å².